The minimum atomic E-state index is -0.737. The quantitative estimate of drug-likeness (QED) is 0.628. The number of thioether (sulfide) groups is 1. The van der Waals surface area contributed by atoms with Crippen LogP contribution >= 0.6 is 11.8 Å². The molecule has 1 saturated carbocycles. The Hall–Kier alpha value is -2.01. The number of ether oxygens (including phenoxy) is 1. The van der Waals surface area contributed by atoms with E-state index in [1.165, 1.54) is 12.8 Å². The number of carbonyl (C=O) groups is 1. The van der Waals surface area contributed by atoms with Crippen LogP contribution in [0.5, 0.6) is 5.88 Å². The summed E-state index contributed by atoms with van der Waals surface area (Å²) < 4.78 is 6.14. The lowest BCUT2D eigenvalue weighted by atomic mass is 10.1. The molecule has 1 N–H and O–H groups in total. The molecule has 138 valence electrons. The maximum Gasteiger partial charge on any atom is 0.303 e. The van der Waals surface area contributed by atoms with Crippen LogP contribution in [0.3, 0.4) is 0 Å². The molecule has 0 spiro atoms. The van der Waals surface area contributed by atoms with Gasteiger partial charge in [-0.3, -0.25) is 4.79 Å². The van der Waals surface area contributed by atoms with Crippen LogP contribution in [0.25, 0.3) is 11.1 Å². The lowest BCUT2D eigenvalue weighted by Gasteiger charge is -2.15. The number of hydrogen-bond donors (Lipinski definition) is 1. The molecule has 1 aliphatic carbocycles. The van der Waals surface area contributed by atoms with Gasteiger partial charge >= 0.3 is 5.97 Å². The highest BCUT2D eigenvalue weighted by molar-refractivity contribution is 7.99. The minimum Gasteiger partial charge on any atom is -0.481 e. The molecule has 0 bridgehead atoms. The van der Waals surface area contributed by atoms with Crippen molar-refractivity contribution in [2.75, 3.05) is 0 Å². The summed E-state index contributed by atoms with van der Waals surface area (Å²) in [6.45, 7) is 2.07. The van der Waals surface area contributed by atoms with Gasteiger partial charge in [-0.2, -0.15) is 0 Å². The zero-order chi connectivity index (χ0) is 18.4. The minimum absolute atomic E-state index is 0.212. The summed E-state index contributed by atoms with van der Waals surface area (Å²) in [6.07, 6.45) is 7.64. The van der Waals surface area contributed by atoms with Crippen LogP contribution in [-0.2, 0) is 4.79 Å². The third-order valence-corrected chi connectivity index (χ3v) is 5.80. The Kier molecular flexibility index (Phi) is 6.56. The average molecular weight is 372 g/mol. The van der Waals surface area contributed by atoms with Crippen molar-refractivity contribution in [3.05, 3.63) is 42.6 Å². The van der Waals surface area contributed by atoms with E-state index in [0.717, 1.165) is 34.7 Å². The fourth-order valence-electron chi connectivity index (χ4n) is 3.20. The highest BCUT2D eigenvalue weighted by Gasteiger charge is 2.19. The van der Waals surface area contributed by atoms with Gasteiger partial charge < -0.3 is 9.84 Å². The van der Waals surface area contributed by atoms with Gasteiger partial charge in [0.05, 0.1) is 0 Å². The fraction of sp³-hybridized carbons (Fsp3) is 0.429. The lowest BCUT2D eigenvalue weighted by Crippen LogP contribution is -2.12. The Morgan fingerprint density at radius 2 is 2.00 bits per heavy atom. The van der Waals surface area contributed by atoms with Gasteiger partial charge in [0.15, 0.2) is 0 Å². The lowest BCUT2D eigenvalue weighted by molar-refractivity contribution is -0.137. The number of aliphatic carboxylic acids is 1. The molecular formula is C21H25NO3S. The van der Waals surface area contributed by atoms with E-state index in [2.05, 4.69) is 42.2 Å². The summed E-state index contributed by atoms with van der Waals surface area (Å²) in [4.78, 5) is 16.3. The maximum atomic E-state index is 10.7. The first-order valence-electron chi connectivity index (χ1n) is 9.22. The van der Waals surface area contributed by atoms with Crippen LogP contribution in [0, 0.1) is 0 Å². The highest BCUT2D eigenvalue weighted by Crippen LogP contribution is 2.33. The van der Waals surface area contributed by atoms with Gasteiger partial charge in [-0.15, -0.1) is 11.8 Å². The molecule has 26 heavy (non-hydrogen) atoms. The van der Waals surface area contributed by atoms with Crippen molar-refractivity contribution < 1.29 is 14.6 Å². The second-order valence-corrected chi connectivity index (χ2v) is 8.28. The number of rotatable bonds is 8. The van der Waals surface area contributed by atoms with E-state index in [1.54, 1.807) is 18.0 Å². The Bertz CT molecular complexity index is 726. The number of aromatic nitrogens is 1. The second kappa shape index (κ2) is 9.08. The van der Waals surface area contributed by atoms with Crippen LogP contribution in [-0.4, -0.2) is 27.4 Å². The summed E-state index contributed by atoms with van der Waals surface area (Å²) >= 11 is 1.71. The van der Waals surface area contributed by atoms with Crippen molar-refractivity contribution in [3.8, 4) is 17.0 Å². The van der Waals surface area contributed by atoms with Gasteiger partial charge in [0.1, 0.15) is 6.10 Å². The number of nitrogens with zero attached hydrogens (tertiary/aromatic N) is 1. The molecule has 1 aliphatic rings. The number of hydrogen-bond acceptors (Lipinski definition) is 4. The van der Waals surface area contributed by atoms with Crippen LogP contribution < -0.4 is 4.74 Å². The largest absolute Gasteiger partial charge is 0.481 e. The second-order valence-electron chi connectivity index (χ2n) is 6.77. The third-order valence-electron chi connectivity index (χ3n) is 4.62. The first-order chi connectivity index (χ1) is 12.6. The van der Waals surface area contributed by atoms with Crippen molar-refractivity contribution in [2.45, 2.75) is 61.7 Å². The summed E-state index contributed by atoms with van der Waals surface area (Å²) in [5, 5.41) is 9.07. The molecule has 4 nitrogen and oxygen atoms in total. The monoisotopic (exact) mass is 371 g/mol. The predicted molar refractivity (Wildman–Crippen MR) is 105 cm³/mol. The average Bonchev–Trinajstić information content (AvgIpc) is 3.14. The van der Waals surface area contributed by atoms with Gasteiger partial charge in [0.2, 0.25) is 5.88 Å². The fourth-order valence-corrected chi connectivity index (χ4v) is 4.19. The van der Waals surface area contributed by atoms with Gasteiger partial charge in [0.25, 0.3) is 0 Å². The molecule has 1 aromatic carbocycles. The summed E-state index contributed by atoms with van der Waals surface area (Å²) in [5.41, 5.74) is 2.11. The van der Waals surface area contributed by atoms with Gasteiger partial charge in [-0.05, 0) is 61.9 Å². The summed E-state index contributed by atoms with van der Waals surface area (Å²) in [7, 11) is 0. The van der Waals surface area contributed by atoms with E-state index in [0.29, 0.717) is 6.42 Å². The Morgan fingerprint density at radius 1 is 1.27 bits per heavy atom. The van der Waals surface area contributed by atoms with Crippen LogP contribution in [0.1, 0.15) is 45.4 Å². The molecule has 3 rings (SSSR count). The first kappa shape index (κ1) is 18.8. The van der Waals surface area contributed by atoms with Crippen LogP contribution in [0.15, 0.2) is 47.5 Å². The molecule has 1 fully saturated rings. The van der Waals surface area contributed by atoms with Crippen molar-refractivity contribution in [3.63, 3.8) is 0 Å². The van der Waals surface area contributed by atoms with Crippen LogP contribution in [0.2, 0.25) is 0 Å². The van der Waals surface area contributed by atoms with Crippen molar-refractivity contribution in [1.29, 1.82) is 0 Å². The summed E-state index contributed by atoms with van der Waals surface area (Å²) in [5.74, 6) is -0.0196. The van der Waals surface area contributed by atoms with Crippen molar-refractivity contribution in [2.24, 2.45) is 0 Å². The van der Waals surface area contributed by atoms with E-state index >= 15 is 0 Å². The molecule has 1 unspecified atom stereocenters. The highest BCUT2D eigenvalue weighted by atomic mass is 32.2. The third kappa shape index (κ3) is 5.24. The van der Waals surface area contributed by atoms with Crippen molar-refractivity contribution >= 4 is 17.7 Å². The Balaban J connectivity index is 1.67. The topological polar surface area (TPSA) is 59.4 Å². The Morgan fingerprint density at radius 3 is 2.69 bits per heavy atom. The molecule has 2 aromatic rings. The first-order valence-corrected chi connectivity index (χ1v) is 10.1. The molecule has 1 heterocycles. The normalized spacial score (nSPS) is 15.7. The maximum absolute atomic E-state index is 10.7. The molecule has 1 atom stereocenters. The smallest absolute Gasteiger partial charge is 0.303 e. The van der Waals surface area contributed by atoms with Gasteiger partial charge in [0, 0.05) is 28.3 Å². The van der Waals surface area contributed by atoms with E-state index in [-0.39, 0.29) is 17.8 Å². The number of benzene rings is 1. The molecule has 0 radical (unpaired) electrons. The molecular weight excluding hydrogens is 346 g/mol. The molecule has 1 aromatic heterocycles. The predicted octanol–water partition coefficient (Wildman–Crippen LogP) is 5.42. The van der Waals surface area contributed by atoms with E-state index in [4.69, 9.17) is 9.84 Å². The van der Waals surface area contributed by atoms with Gasteiger partial charge in [-0.1, -0.05) is 19.1 Å². The molecule has 0 amide bonds. The van der Waals surface area contributed by atoms with Crippen molar-refractivity contribution in [1.82, 2.24) is 4.98 Å². The zero-order valence-electron chi connectivity index (χ0n) is 15.1. The molecule has 0 aliphatic heterocycles. The molecule has 5 heteroatoms. The number of carboxylic acid groups (broad SMARTS) is 1. The summed E-state index contributed by atoms with van der Waals surface area (Å²) in [6, 6.07) is 12.3. The number of carboxylic acids is 1. The van der Waals surface area contributed by atoms with E-state index in [1.807, 2.05) is 6.07 Å². The van der Waals surface area contributed by atoms with Gasteiger partial charge in [-0.25, -0.2) is 4.98 Å². The Labute approximate surface area is 159 Å². The SMILES string of the molecule is CC(CCC(=O)O)Sc1ccc(-c2cccnc2OC2CCCC2)cc1. The molecule has 0 saturated heterocycles. The standard InChI is InChI=1S/C21H25NO3S/c1-15(8-13-20(23)24)26-18-11-9-16(10-12-18)19-7-4-14-22-21(19)25-17-5-2-3-6-17/h4,7,9-12,14-15,17H,2-3,5-6,8,13H2,1H3,(H,23,24). The zero-order valence-corrected chi connectivity index (χ0v) is 15.9. The number of pyridine rings is 1. The van der Waals surface area contributed by atoms with E-state index in [9.17, 15) is 4.79 Å². The van der Waals surface area contributed by atoms with Crippen LogP contribution in [0.4, 0.5) is 0 Å². The van der Waals surface area contributed by atoms with E-state index < -0.39 is 5.97 Å².